The van der Waals surface area contributed by atoms with Crippen molar-refractivity contribution in [2.24, 2.45) is 0 Å². The van der Waals surface area contributed by atoms with E-state index in [1.54, 1.807) is 36.0 Å². The van der Waals surface area contributed by atoms with Crippen LogP contribution in [-0.4, -0.2) is 31.9 Å². The maximum atomic E-state index is 13.0. The molecule has 1 amide bonds. The molecule has 0 radical (unpaired) electrons. The van der Waals surface area contributed by atoms with E-state index in [9.17, 15) is 13.2 Å². The average Bonchev–Trinajstić information content (AvgIpc) is 2.74. The van der Waals surface area contributed by atoms with Crippen LogP contribution in [0.25, 0.3) is 0 Å². The van der Waals surface area contributed by atoms with Crippen molar-refractivity contribution >= 4 is 33.4 Å². The second-order valence-corrected chi connectivity index (χ2v) is 9.97. The van der Waals surface area contributed by atoms with Crippen LogP contribution < -0.4 is 5.32 Å². The first-order valence-corrected chi connectivity index (χ1v) is 12.2. The van der Waals surface area contributed by atoms with Crippen molar-refractivity contribution in [3.63, 3.8) is 0 Å². The molecule has 0 unspecified atom stereocenters. The van der Waals surface area contributed by atoms with E-state index in [4.69, 9.17) is 0 Å². The molecule has 0 aromatic heterocycles. The Hall–Kier alpha value is -2.61. The monoisotopic (exact) mass is 440 g/mol. The number of likely N-dealkylation sites (N-methyl/N-ethyl adjacent to an activating group) is 1. The number of sulfonamides is 1. The van der Waals surface area contributed by atoms with Gasteiger partial charge in [-0.2, -0.15) is 4.31 Å². The number of thioether (sulfide) groups is 1. The second kappa shape index (κ2) is 9.93. The van der Waals surface area contributed by atoms with Gasteiger partial charge in [0.15, 0.2) is 0 Å². The van der Waals surface area contributed by atoms with Gasteiger partial charge in [-0.05, 0) is 35.4 Å². The number of nitrogens with zero attached hydrogens (tertiary/aromatic N) is 1. The minimum absolute atomic E-state index is 0.402. The molecule has 0 spiro atoms. The normalized spacial score (nSPS) is 12.5. The van der Waals surface area contributed by atoms with E-state index >= 15 is 0 Å². The molecule has 1 N–H and O–H groups in total. The third-order valence-corrected chi connectivity index (χ3v) is 6.96. The molecule has 7 heteroatoms. The zero-order valence-electron chi connectivity index (χ0n) is 16.9. The van der Waals surface area contributed by atoms with Gasteiger partial charge in [0.05, 0.1) is 6.26 Å². The summed E-state index contributed by atoms with van der Waals surface area (Å²) >= 11 is 1.74. The van der Waals surface area contributed by atoms with Gasteiger partial charge in [0, 0.05) is 23.4 Å². The summed E-state index contributed by atoms with van der Waals surface area (Å²) in [6.07, 6.45) is 1.09. The van der Waals surface area contributed by atoms with E-state index in [0.717, 1.165) is 21.9 Å². The first-order chi connectivity index (χ1) is 14.3. The van der Waals surface area contributed by atoms with Crippen LogP contribution in [0.4, 0.5) is 5.69 Å². The maximum absolute atomic E-state index is 13.0. The highest BCUT2D eigenvalue weighted by Gasteiger charge is 2.30. The quantitative estimate of drug-likeness (QED) is 0.522. The number of carbonyl (C=O) groups excluding carboxylic acids is 1. The molecule has 0 aliphatic carbocycles. The van der Waals surface area contributed by atoms with Crippen LogP contribution in [0.15, 0.2) is 89.8 Å². The van der Waals surface area contributed by atoms with Crippen LogP contribution in [-0.2, 0) is 20.6 Å². The third kappa shape index (κ3) is 5.95. The van der Waals surface area contributed by atoms with Crippen LogP contribution in [0.5, 0.6) is 0 Å². The molecule has 3 aromatic rings. The summed E-state index contributed by atoms with van der Waals surface area (Å²) in [5, 5.41) is 2.84. The van der Waals surface area contributed by atoms with Gasteiger partial charge in [0.1, 0.15) is 6.04 Å². The summed E-state index contributed by atoms with van der Waals surface area (Å²) in [4.78, 5) is 14.2. The Balaban J connectivity index is 1.71. The van der Waals surface area contributed by atoms with Crippen molar-refractivity contribution in [3.05, 3.63) is 96.1 Å². The Labute approximate surface area is 182 Å². The molecule has 0 saturated carbocycles. The molecule has 1 atom stereocenters. The molecule has 0 saturated heterocycles. The van der Waals surface area contributed by atoms with E-state index < -0.39 is 22.0 Å². The number of rotatable bonds is 8. The SMILES string of the molecule is CN([C@@H](C(=O)Nc1ccc(CSc2ccccc2)cc1)c1ccccc1)S(C)(=O)=O. The predicted octanol–water partition coefficient (Wildman–Crippen LogP) is 4.55. The highest BCUT2D eigenvalue weighted by atomic mass is 32.2. The number of amides is 1. The zero-order chi connectivity index (χ0) is 21.6. The molecule has 30 heavy (non-hydrogen) atoms. The minimum atomic E-state index is -3.56. The molecule has 0 aliphatic rings. The number of anilines is 1. The third-order valence-electron chi connectivity index (χ3n) is 4.62. The molecular weight excluding hydrogens is 416 g/mol. The molecule has 3 aromatic carbocycles. The summed E-state index contributed by atoms with van der Waals surface area (Å²) in [6.45, 7) is 0. The van der Waals surface area contributed by atoms with Crippen molar-refractivity contribution in [1.29, 1.82) is 0 Å². The fraction of sp³-hybridized carbons (Fsp3) is 0.174. The fourth-order valence-electron chi connectivity index (χ4n) is 2.93. The van der Waals surface area contributed by atoms with Crippen molar-refractivity contribution in [2.75, 3.05) is 18.6 Å². The largest absolute Gasteiger partial charge is 0.324 e. The van der Waals surface area contributed by atoms with Gasteiger partial charge >= 0.3 is 0 Å². The van der Waals surface area contributed by atoms with Crippen LogP contribution >= 0.6 is 11.8 Å². The highest BCUT2D eigenvalue weighted by molar-refractivity contribution is 7.98. The Morgan fingerprint density at radius 2 is 1.50 bits per heavy atom. The lowest BCUT2D eigenvalue weighted by atomic mass is 10.1. The lowest BCUT2D eigenvalue weighted by molar-refractivity contribution is -0.119. The van der Waals surface area contributed by atoms with Crippen LogP contribution in [0.3, 0.4) is 0 Å². The van der Waals surface area contributed by atoms with Gasteiger partial charge in [0.25, 0.3) is 0 Å². The summed E-state index contributed by atoms with van der Waals surface area (Å²) in [5.41, 5.74) is 2.37. The van der Waals surface area contributed by atoms with E-state index in [1.165, 1.54) is 11.9 Å². The first kappa shape index (κ1) is 22.1. The summed E-state index contributed by atoms with van der Waals surface area (Å²) in [6, 6.07) is 25.7. The summed E-state index contributed by atoms with van der Waals surface area (Å²) < 4.78 is 25.2. The molecule has 0 aliphatic heterocycles. The van der Waals surface area contributed by atoms with Crippen LogP contribution in [0.1, 0.15) is 17.2 Å². The van der Waals surface area contributed by atoms with Crippen molar-refractivity contribution in [3.8, 4) is 0 Å². The van der Waals surface area contributed by atoms with Crippen LogP contribution in [0, 0.1) is 0 Å². The highest BCUT2D eigenvalue weighted by Crippen LogP contribution is 2.25. The van der Waals surface area contributed by atoms with Crippen LogP contribution in [0.2, 0.25) is 0 Å². The number of carbonyl (C=O) groups is 1. The Bertz CT molecular complexity index is 1070. The molecule has 3 rings (SSSR count). The molecule has 156 valence electrons. The molecule has 5 nitrogen and oxygen atoms in total. The number of hydrogen-bond acceptors (Lipinski definition) is 4. The zero-order valence-corrected chi connectivity index (χ0v) is 18.5. The number of nitrogens with one attached hydrogen (secondary N) is 1. The Morgan fingerprint density at radius 1 is 0.933 bits per heavy atom. The second-order valence-electron chi connectivity index (χ2n) is 6.88. The first-order valence-electron chi connectivity index (χ1n) is 9.40. The van der Waals surface area contributed by atoms with E-state index in [0.29, 0.717) is 11.3 Å². The predicted molar refractivity (Wildman–Crippen MR) is 123 cm³/mol. The van der Waals surface area contributed by atoms with Crippen molar-refractivity contribution in [2.45, 2.75) is 16.7 Å². The van der Waals surface area contributed by atoms with Gasteiger partial charge < -0.3 is 5.32 Å². The standard InChI is InChI=1S/C23H24N2O3S2/c1-25(30(2,27)28)22(19-9-5-3-6-10-19)23(26)24-20-15-13-18(14-16-20)17-29-21-11-7-4-8-12-21/h3-16,22H,17H2,1-2H3,(H,24,26)/t22-/m1/s1. The van der Waals surface area contributed by atoms with Crippen molar-refractivity contribution in [1.82, 2.24) is 4.31 Å². The lowest BCUT2D eigenvalue weighted by Gasteiger charge is -2.25. The smallest absolute Gasteiger partial charge is 0.247 e. The lowest BCUT2D eigenvalue weighted by Crippen LogP contribution is -2.38. The molecule has 0 fully saturated rings. The van der Waals surface area contributed by atoms with Gasteiger partial charge in [-0.15, -0.1) is 11.8 Å². The molecular formula is C23H24N2O3S2. The maximum Gasteiger partial charge on any atom is 0.247 e. The minimum Gasteiger partial charge on any atom is -0.324 e. The van der Waals surface area contributed by atoms with Gasteiger partial charge in [-0.3, -0.25) is 4.79 Å². The van der Waals surface area contributed by atoms with Crippen molar-refractivity contribution < 1.29 is 13.2 Å². The Kier molecular flexibility index (Phi) is 7.31. The number of benzene rings is 3. The van der Waals surface area contributed by atoms with Gasteiger partial charge in [-0.25, -0.2) is 8.42 Å². The van der Waals surface area contributed by atoms with E-state index in [2.05, 4.69) is 17.4 Å². The fourth-order valence-corrected chi connectivity index (χ4v) is 4.41. The Morgan fingerprint density at radius 3 is 2.07 bits per heavy atom. The topological polar surface area (TPSA) is 66.5 Å². The number of hydrogen-bond donors (Lipinski definition) is 1. The molecule has 0 bridgehead atoms. The van der Waals surface area contributed by atoms with Gasteiger partial charge in [-0.1, -0.05) is 60.7 Å². The summed E-state index contributed by atoms with van der Waals surface area (Å²) in [7, 11) is -2.15. The average molecular weight is 441 g/mol. The van der Waals surface area contributed by atoms with Gasteiger partial charge in [0.2, 0.25) is 15.9 Å². The van der Waals surface area contributed by atoms with E-state index in [-0.39, 0.29) is 0 Å². The molecule has 0 heterocycles. The summed E-state index contributed by atoms with van der Waals surface area (Å²) in [5.74, 6) is 0.419. The van der Waals surface area contributed by atoms with E-state index in [1.807, 2.05) is 48.5 Å².